The molecular weight excluding hydrogens is 256 g/mol. The molecular formula is C15H22N2OS. The number of rotatable bonds is 2. The number of thiophene rings is 1. The van der Waals surface area contributed by atoms with Crippen molar-refractivity contribution in [1.29, 1.82) is 0 Å². The lowest BCUT2D eigenvalue weighted by molar-refractivity contribution is -0.139. The minimum Gasteiger partial charge on any atom is -0.333 e. The lowest BCUT2D eigenvalue weighted by Crippen LogP contribution is -2.56. The second kappa shape index (κ2) is 5.25. The molecule has 2 fully saturated rings. The van der Waals surface area contributed by atoms with Gasteiger partial charge in [0.15, 0.2) is 0 Å². The summed E-state index contributed by atoms with van der Waals surface area (Å²) in [5, 5.41) is 2.09. The minimum atomic E-state index is -0.585. The Hall–Kier alpha value is -0.870. The lowest BCUT2D eigenvalue weighted by atomic mass is 9.81. The molecule has 3 rings (SSSR count). The van der Waals surface area contributed by atoms with Crippen LogP contribution in [0.5, 0.6) is 0 Å². The largest absolute Gasteiger partial charge is 0.333 e. The molecule has 3 nitrogen and oxygen atoms in total. The quantitative estimate of drug-likeness (QED) is 0.903. The van der Waals surface area contributed by atoms with E-state index in [0.29, 0.717) is 0 Å². The van der Waals surface area contributed by atoms with Crippen molar-refractivity contribution >= 4 is 17.2 Å². The predicted molar refractivity (Wildman–Crippen MR) is 78.0 cm³/mol. The van der Waals surface area contributed by atoms with E-state index in [2.05, 4.69) is 22.4 Å². The molecule has 2 aliphatic rings. The second-order valence-corrected chi connectivity index (χ2v) is 6.87. The first-order chi connectivity index (χ1) is 9.21. The summed E-state index contributed by atoms with van der Waals surface area (Å²) in [6.45, 7) is 0.875. The smallest absolute Gasteiger partial charge is 0.243 e. The van der Waals surface area contributed by atoms with Gasteiger partial charge in [-0.2, -0.15) is 0 Å². The molecule has 0 radical (unpaired) electrons. The molecule has 1 amide bonds. The first-order valence-electron chi connectivity index (χ1n) is 7.34. The maximum absolute atomic E-state index is 12.8. The molecule has 0 spiro atoms. The number of likely N-dealkylation sites (tertiary alicyclic amines) is 1. The topological polar surface area (TPSA) is 46.3 Å². The van der Waals surface area contributed by atoms with Crippen LogP contribution in [-0.4, -0.2) is 22.9 Å². The monoisotopic (exact) mass is 278 g/mol. The maximum Gasteiger partial charge on any atom is 0.243 e. The minimum absolute atomic E-state index is 0.197. The molecule has 1 saturated carbocycles. The number of nitrogens with zero attached hydrogens (tertiary/aromatic N) is 1. The van der Waals surface area contributed by atoms with Gasteiger partial charge in [0.2, 0.25) is 5.91 Å². The highest BCUT2D eigenvalue weighted by molar-refractivity contribution is 7.10. The standard InChI is InChI=1S/C15H22N2OS/c16-15(8-2-1-3-9-15)14(18)17-10-4-6-12(17)13-7-5-11-19-13/h5,7,11-12H,1-4,6,8-10,16H2. The third-order valence-corrected chi connectivity index (χ3v) is 5.53. The molecule has 19 heavy (non-hydrogen) atoms. The molecule has 1 aromatic rings. The Morgan fingerprint density at radius 3 is 2.79 bits per heavy atom. The van der Waals surface area contributed by atoms with Crippen LogP contribution in [0.15, 0.2) is 17.5 Å². The Kier molecular flexibility index (Phi) is 3.63. The van der Waals surface area contributed by atoms with Crippen LogP contribution in [0.2, 0.25) is 0 Å². The van der Waals surface area contributed by atoms with Crippen molar-refractivity contribution in [3.8, 4) is 0 Å². The van der Waals surface area contributed by atoms with Crippen molar-refractivity contribution in [2.24, 2.45) is 5.73 Å². The van der Waals surface area contributed by atoms with Gasteiger partial charge in [-0.3, -0.25) is 4.79 Å². The van der Waals surface area contributed by atoms with E-state index >= 15 is 0 Å². The molecule has 1 aliphatic heterocycles. The summed E-state index contributed by atoms with van der Waals surface area (Å²) in [5.74, 6) is 0.197. The van der Waals surface area contributed by atoms with E-state index < -0.39 is 5.54 Å². The van der Waals surface area contributed by atoms with Crippen molar-refractivity contribution in [2.45, 2.75) is 56.5 Å². The number of hydrogen-bond acceptors (Lipinski definition) is 3. The van der Waals surface area contributed by atoms with Gasteiger partial charge in [0, 0.05) is 11.4 Å². The number of amides is 1. The van der Waals surface area contributed by atoms with E-state index in [1.165, 1.54) is 11.3 Å². The summed E-state index contributed by atoms with van der Waals surface area (Å²) >= 11 is 1.75. The Bertz CT molecular complexity index is 437. The van der Waals surface area contributed by atoms with Crippen LogP contribution in [0.25, 0.3) is 0 Å². The van der Waals surface area contributed by atoms with E-state index in [9.17, 15) is 4.79 Å². The SMILES string of the molecule is NC1(C(=O)N2CCCC2c2cccs2)CCCCC1. The summed E-state index contributed by atoms with van der Waals surface area (Å²) in [6.07, 6.45) is 7.33. The second-order valence-electron chi connectivity index (χ2n) is 5.89. The number of carbonyl (C=O) groups is 1. The first kappa shape index (κ1) is 13.1. The van der Waals surface area contributed by atoms with Crippen LogP contribution in [0.3, 0.4) is 0 Å². The highest BCUT2D eigenvalue weighted by atomic mass is 32.1. The summed E-state index contributed by atoms with van der Waals surface area (Å²) in [6, 6.07) is 4.49. The summed E-state index contributed by atoms with van der Waals surface area (Å²) in [4.78, 5) is 16.2. The van der Waals surface area contributed by atoms with Gasteiger partial charge in [0.05, 0.1) is 11.6 Å². The molecule has 1 aliphatic carbocycles. The van der Waals surface area contributed by atoms with Crippen molar-refractivity contribution < 1.29 is 4.79 Å². The van der Waals surface area contributed by atoms with E-state index in [-0.39, 0.29) is 11.9 Å². The van der Waals surface area contributed by atoms with E-state index in [1.807, 2.05) is 0 Å². The summed E-state index contributed by atoms with van der Waals surface area (Å²) < 4.78 is 0. The summed E-state index contributed by atoms with van der Waals surface area (Å²) in [7, 11) is 0. The van der Waals surface area contributed by atoms with Crippen molar-refractivity contribution in [3.05, 3.63) is 22.4 Å². The fraction of sp³-hybridized carbons (Fsp3) is 0.667. The highest BCUT2D eigenvalue weighted by Crippen LogP contribution is 2.38. The van der Waals surface area contributed by atoms with Gasteiger partial charge in [0.1, 0.15) is 0 Å². The zero-order chi connectivity index (χ0) is 13.3. The van der Waals surface area contributed by atoms with Crippen LogP contribution in [0, 0.1) is 0 Å². The van der Waals surface area contributed by atoms with E-state index in [1.54, 1.807) is 11.3 Å². The maximum atomic E-state index is 12.8. The molecule has 1 unspecified atom stereocenters. The lowest BCUT2D eigenvalue weighted by Gasteiger charge is -2.37. The van der Waals surface area contributed by atoms with E-state index in [4.69, 9.17) is 5.73 Å². The van der Waals surface area contributed by atoms with Crippen molar-refractivity contribution in [3.63, 3.8) is 0 Å². The molecule has 104 valence electrons. The molecule has 1 saturated heterocycles. The van der Waals surface area contributed by atoms with Gasteiger partial charge in [-0.1, -0.05) is 25.3 Å². The summed E-state index contributed by atoms with van der Waals surface area (Å²) in [5.41, 5.74) is 5.83. The average Bonchev–Trinajstić information content (AvgIpc) is 3.09. The van der Waals surface area contributed by atoms with E-state index in [0.717, 1.165) is 45.1 Å². The van der Waals surface area contributed by atoms with Gasteiger partial charge in [-0.05, 0) is 37.1 Å². The van der Waals surface area contributed by atoms with Gasteiger partial charge >= 0.3 is 0 Å². The molecule has 1 aromatic heterocycles. The normalized spacial score (nSPS) is 26.6. The zero-order valence-corrected chi connectivity index (χ0v) is 12.1. The average molecular weight is 278 g/mol. The Morgan fingerprint density at radius 1 is 1.32 bits per heavy atom. The fourth-order valence-corrected chi connectivity index (χ4v) is 4.34. The van der Waals surface area contributed by atoms with Gasteiger partial charge in [-0.25, -0.2) is 0 Å². The predicted octanol–water partition coefficient (Wildman–Crippen LogP) is 3.07. The van der Waals surface area contributed by atoms with Crippen molar-refractivity contribution in [1.82, 2.24) is 4.90 Å². The molecule has 2 heterocycles. The zero-order valence-electron chi connectivity index (χ0n) is 11.3. The number of hydrogen-bond donors (Lipinski definition) is 1. The Balaban J connectivity index is 1.78. The fourth-order valence-electron chi connectivity index (χ4n) is 3.47. The first-order valence-corrected chi connectivity index (χ1v) is 8.22. The van der Waals surface area contributed by atoms with Crippen LogP contribution >= 0.6 is 11.3 Å². The van der Waals surface area contributed by atoms with Gasteiger partial charge < -0.3 is 10.6 Å². The molecule has 2 N–H and O–H groups in total. The van der Waals surface area contributed by atoms with Gasteiger partial charge in [0.25, 0.3) is 0 Å². The third-order valence-electron chi connectivity index (χ3n) is 4.56. The Morgan fingerprint density at radius 2 is 2.11 bits per heavy atom. The number of carbonyl (C=O) groups excluding carboxylic acids is 1. The molecule has 1 atom stereocenters. The van der Waals surface area contributed by atoms with Crippen molar-refractivity contribution in [2.75, 3.05) is 6.54 Å². The van der Waals surface area contributed by atoms with Gasteiger partial charge in [-0.15, -0.1) is 11.3 Å². The van der Waals surface area contributed by atoms with Crippen LogP contribution in [0.1, 0.15) is 55.9 Å². The van der Waals surface area contributed by atoms with Crippen LogP contribution in [0.4, 0.5) is 0 Å². The molecule has 0 bridgehead atoms. The Labute approximate surface area is 118 Å². The number of nitrogens with two attached hydrogens (primary N) is 1. The highest BCUT2D eigenvalue weighted by Gasteiger charge is 2.42. The van der Waals surface area contributed by atoms with Crippen LogP contribution in [-0.2, 0) is 4.79 Å². The third kappa shape index (κ3) is 2.43. The molecule has 0 aromatic carbocycles. The van der Waals surface area contributed by atoms with Crippen LogP contribution < -0.4 is 5.73 Å². The molecule has 4 heteroatoms.